The van der Waals surface area contributed by atoms with Gasteiger partial charge in [0.05, 0.1) is 5.41 Å². The maximum absolute atomic E-state index is 12.4. The van der Waals surface area contributed by atoms with Gasteiger partial charge in [-0.05, 0) is 30.5 Å². The van der Waals surface area contributed by atoms with E-state index in [4.69, 9.17) is 16.7 Å². The number of amides is 1. The molecule has 1 aromatic carbocycles. The van der Waals surface area contributed by atoms with Crippen molar-refractivity contribution in [2.45, 2.75) is 37.1 Å². The summed E-state index contributed by atoms with van der Waals surface area (Å²) < 4.78 is 24.7. The number of hydrogen-bond donors (Lipinski definition) is 2. The fourth-order valence-electron chi connectivity index (χ4n) is 2.25. The molecule has 1 aliphatic rings. The standard InChI is InChI=1S/C14H14ClF2NO3/c15-9-3-1-2-8(6-9)14(4-5-14)13(21)18-10(12(19)20)7-11(16)17/h1-3,6,10-11H,4-5,7H2,(H,18,21)(H,19,20). The molecular formula is C14H14ClF2NO3. The monoisotopic (exact) mass is 317 g/mol. The Balaban J connectivity index is 2.14. The number of carboxylic acids is 1. The van der Waals surface area contributed by atoms with Crippen LogP contribution in [0.2, 0.25) is 5.02 Å². The first-order chi connectivity index (χ1) is 9.85. The molecular weight excluding hydrogens is 304 g/mol. The van der Waals surface area contributed by atoms with E-state index < -0.39 is 36.2 Å². The van der Waals surface area contributed by atoms with Gasteiger partial charge in [-0.2, -0.15) is 0 Å². The largest absolute Gasteiger partial charge is 0.480 e. The Morgan fingerprint density at radius 2 is 2.05 bits per heavy atom. The van der Waals surface area contributed by atoms with Crippen molar-refractivity contribution < 1.29 is 23.5 Å². The molecule has 0 heterocycles. The number of rotatable bonds is 6. The van der Waals surface area contributed by atoms with Gasteiger partial charge in [-0.1, -0.05) is 23.7 Å². The number of aliphatic carboxylic acids is 1. The van der Waals surface area contributed by atoms with Gasteiger partial charge in [0.2, 0.25) is 12.3 Å². The molecule has 0 spiro atoms. The van der Waals surface area contributed by atoms with Crippen LogP contribution in [0.1, 0.15) is 24.8 Å². The van der Waals surface area contributed by atoms with Crippen molar-refractivity contribution in [1.29, 1.82) is 0 Å². The number of carbonyl (C=O) groups is 2. The second kappa shape index (κ2) is 5.97. The summed E-state index contributed by atoms with van der Waals surface area (Å²) in [6.07, 6.45) is -2.62. The summed E-state index contributed by atoms with van der Waals surface area (Å²) in [4.78, 5) is 23.2. The van der Waals surface area contributed by atoms with Crippen LogP contribution in [0.4, 0.5) is 8.78 Å². The van der Waals surface area contributed by atoms with Gasteiger partial charge in [-0.3, -0.25) is 4.79 Å². The van der Waals surface area contributed by atoms with Gasteiger partial charge in [-0.15, -0.1) is 0 Å². The van der Waals surface area contributed by atoms with Crippen molar-refractivity contribution in [2.24, 2.45) is 0 Å². The molecule has 0 saturated heterocycles. The molecule has 2 N–H and O–H groups in total. The lowest BCUT2D eigenvalue weighted by Crippen LogP contribution is -2.46. The molecule has 1 amide bonds. The predicted molar refractivity (Wildman–Crippen MR) is 72.6 cm³/mol. The zero-order valence-electron chi connectivity index (χ0n) is 11.0. The Hall–Kier alpha value is -1.69. The van der Waals surface area contributed by atoms with Crippen molar-refractivity contribution in [1.82, 2.24) is 5.32 Å². The van der Waals surface area contributed by atoms with Crippen molar-refractivity contribution in [2.75, 3.05) is 0 Å². The molecule has 1 aromatic rings. The average Bonchev–Trinajstić information content (AvgIpc) is 3.18. The number of carboxylic acid groups (broad SMARTS) is 1. The average molecular weight is 318 g/mol. The quantitative estimate of drug-likeness (QED) is 0.847. The summed E-state index contributed by atoms with van der Waals surface area (Å²) in [5.41, 5.74) is -0.172. The van der Waals surface area contributed by atoms with Crippen LogP contribution in [0, 0.1) is 0 Å². The fourth-order valence-corrected chi connectivity index (χ4v) is 2.44. The molecule has 21 heavy (non-hydrogen) atoms. The predicted octanol–water partition coefficient (Wildman–Crippen LogP) is 2.60. The number of halogens is 3. The van der Waals surface area contributed by atoms with Crippen molar-refractivity contribution in [3.8, 4) is 0 Å². The minimum Gasteiger partial charge on any atom is -0.480 e. The highest BCUT2D eigenvalue weighted by molar-refractivity contribution is 6.30. The number of alkyl halides is 2. The van der Waals surface area contributed by atoms with Crippen LogP contribution in [-0.2, 0) is 15.0 Å². The van der Waals surface area contributed by atoms with E-state index in [0.717, 1.165) is 0 Å². The fraction of sp³-hybridized carbons (Fsp3) is 0.429. The molecule has 1 saturated carbocycles. The van der Waals surface area contributed by atoms with E-state index in [1.165, 1.54) is 0 Å². The molecule has 1 aliphatic carbocycles. The van der Waals surface area contributed by atoms with Crippen molar-refractivity contribution in [3.05, 3.63) is 34.9 Å². The van der Waals surface area contributed by atoms with Crippen LogP contribution in [0.15, 0.2) is 24.3 Å². The zero-order valence-corrected chi connectivity index (χ0v) is 11.7. The number of carbonyl (C=O) groups excluding carboxylic acids is 1. The maximum atomic E-state index is 12.4. The minimum absolute atomic E-state index is 0.467. The number of nitrogens with one attached hydrogen (secondary N) is 1. The molecule has 1 atom stereocenters. The Labute approximate surface area is 125 Å². The lowest BCUT2D eigenvalue weighted by atomic mass is 9.94. The minimum atomic E-state index is -2.80. The first kappa shape index (κ1) is 15.7. The second-order valence-corrected chi connectivity index (χ2v) is 5.52. The van der Waals surface area contributed by atoms with Crippen LogP contribution < -0.4 is 5.32 Å². The number of hydrogen-bond acceptors (Lipinski definition) is 2. The van der Waals surface area contributed by atoms with E-state index in [9.17, 15) is 18.4 Å². The summed E-state index contributed by atoms with van der Waals surface area (Å²) in [6, 6.07) is 5.13. The first-order valence-electron chi connectivity index (χ1n) is 6.43. The highest BCUT2D eigenvalue weighted by Crippen LogP contribution is 2.49. The van der Waals surface area contributed by atoms with Crippen molar-refractivity contribution in [3.63, 3.8) is 0 Å². The molecule has 114 valence electrons. The van der Waals surface area contributed by atoms with Crippen LogP contribution in [0.5, 0.6) is 0 Å². The van der Waals surface area contributed by atoms with Crippen LogP contribution in [-0.4, -0.2) is 29.5 Å². The van der Waals surface area contributed by atoms with E-state index in [1.54, 1.807) is 24.3 Å². The summed E-state index contributed by atoms with van der Waals surface area (Å²) in [5, 5.41) is 11.6. The van der Waals surface area contributed by atoms with E-state index in [-0.39, 0.29) is 0 Å². The molecule has 0 bridgehead atoms. The van der Waals surface area contributed by atoms with Crippen LogP contribution in [0.25, 0.3) is 0 Å². The summed E-state index contributed by atoms with van der Waals surface area (Å²) in [5.74, 6) is -2.01. The first-order valence-corrected chi connectivity index (χ1v) is 6.81. The van der Waals surface area contributed by atoms with E-state index in [0.29, 0.717) is 23.4 Å². The Morgan fingerprint density at radius 3 is 2.52 bits per heavy atom. The normalized spacial score (nSPS) is 17.3. The third-order valence-electron chi connectivity index (χ3n) is 3.58. The van der Waals surface area contributed by atoms with Crippen LogP contribution >= 0.6 is 11.6 Å². The summed E-state index contributed by atoms with van der Waals surface area (Å²) in [6.45, 7) is 0. The number of benzene rings is 1. The van der Waals surface area contributed by atoms with Gasteiger partial charge in [0.1, 0.15) is 6.04 Å². The smallest absolute Gasteiger partial charge is 0.326 e. The second-order valence-electron chi connectivity index (χ2n) is 5.08. The van der Waals surface area contributed by atoms with E-state index in [2.05, 4.69) is 5.32 Å². The van der Waals surface area contributed by atoms with Gasteiger partial charge in [0, 0.05) is 11.4 Å². The van der Waals surface area contributed by atoms with Gasteiger partial charge < -0.3 is 10.4 Å². The molecule has 1 unspecified atom stereocenters. The summed E-state index contributed by atoms with van der Waals surface area (Å²) >= 11 is 5.88. The van der Waals surface area contributed by atoms with Gasteiger partial charge in [0.15, 0.2) is 0 Å². The molecule has 4 nitrogen and oxygen atoms in total. The molecule has 2 rings (SSSR count). The van der Waals surface area contributed by atoms with E-state index in [1.807, 2.05) is 0 Å². The Morgan fingerprint density at radius 1 is 1.38 bits per heavy atom. The third kappa shape index (κ3) is 3.50. The SMILES string of the molecule is O=C(O)C(CC(F)F)NC(=O)C1(c2cccc(Cl)c2)CC1. The zero-order chi connectivity index (χ0) is 15.6. The third-order valence-corrected chi connectivity index (χ3v) is 3.81. The van der Waals surface area contributed by atoms with Gasteiger partial charge >= 0.3 is 5.97 Å². The van der Waals surface area contributed by atoms with E-state index >= 15 is 0 Å². The lowest BCUT2D eigenvalue weighted by Gasteiger charge is -2.20. The molecule has 7 heteroatoms. The molecule has 0 radical (unpaired) electrons. The molecule has 0 aromatic heterocycles. The topological polar surface area (TPSA) is 66.4 Å². The molecule has 1 fully saturated rings. The van der Waals surface area contributed by atoms with Crippen molar-refractivity contribution >= 4 is 23.5 Å². The lowest BCUT2D eigenvalue weighted by molar-refractivity contribution is -0.143. The van der Waals surface area contributed by atoms with Gasteiger partial charge in [-0.25, -0.2) is 13.6 Å². The van der Waals surface area contributed by atoms with Gasteiger partial charge in [0.25, 0.3) is 0 Å². The highest BCUT2D eigenvalue weighted by Gasteiger charge is 2.52. The highest BCUT2D eigenvalue weighted by atomic mass is 35.5. The van der Waals surface area contributed by atoms with Crippen LogP contribution in [0.3, 0.4) is 0 Å². The maximum Gasteiger partial charge on any atom is 0.326 e. The summed E-state index contributed by atoms with van der Waals surface area (Å²) in [7, 11) is 0. The Kier molecular flexibility index (Phi) is 4.46. The Bertz CT molecular complexity index is 561. The molecule has 0 aliphatic heterocycles.